The first-order chi connectivity index (χ1) is 9.19. The van der Waals surface area contributed by atoms with Gasteiger partial charge in [-0.15, -0.1) is 0 Å². The van der Waals surface area contributed by atoms with Crippen molar-refractivity contribution in [1.29, 1.82) is 0 Å². The van der Waals surface area contributed by atoms with Gasteiger partial charge in [0.15, 0.2) is 0 Å². The number of benzene rings is 2. The molecule has 19 heavy (non-hydrogen) atoms. The van der Waals surface area contributed by atoms with Gasteiger partial charge in [0.1, 0.15) is 0 Å². The Bertz CT molecular complexity index is 677. The van der Waals surface area contributed by atoms with Gasteiger partial charge in [-0.05, 0) is 23.3 Å². The summed E-state index contributed by atoms with van der Waals surface area (Å²) in [5.74, 6) is 6.60. The van der Waals surface area contributed by atoms with E-state index < -0.39 is 0 Å². The van der Waals surface area contributed by atoms with Crippen molar-refractivity contribution in [1.82, 2.24) is 0 Å². The molecule has 0 radical (unpaired) electrons. The Morgan fingerprint density at radius 2 is 1.32 bits per heavy atom. The van der Waals surface area contributed by atoms with E-state index >= 15 is 0 Å². The maximum absolute atomic E-state index is 3.34. The first-order valence-corrected chi connectivity index (χ1v) is 6.57. The highest BCUT2D eigenvalue weighted by atomic mass is 14.5. The molecule has 0 saturated carbocycles. The van der Waals surface area contributed by atoms with Crippen molar-refractivity contribution in [2.75, 3.05) is 0 Å². The second kappa shape index (κ2) is 4.44. The van der Waals surface area contributed by atoms with E-state index in [0.717, 1.165) is 5.56 Å². The van der Waals surface area contributed by atoms with Crippen LogP contribution in [0.4, 0.5) is 0 Å². The molecule has 0 aliphatic heterocycles. The summed E-state index contributed by atoms with van der Waals surface area (Å²) in [4.78, 5) is 0. The summed E-state index contributed by atoms with van der Waals surface area (Å²) in [6.07, 6.45) is 0. The van der Waals surface area contributed by atoms with Gasteiger partial charge < -0.3 is 0 Å². The zero-order valence-electron chi connectivity index (χ0n) is 11.3. The zero-order chi connectivity index (χ0) is 13.3. The van der Waals surface area contributed by atoms with Gasteiger partial charge in [0.25, 0.3) is 0 Å². The minimum atomic E-state index is 0.128. The minimum Gasteiger partial charge on any atom is -0.0648 e. The monoisotopic (exact) mass is 244 g/mol. The smallest absolute Gasteiger partial charge is 0.0248 e. The number of hydrogen-bond donors (Lipinski definition) is 0. The molecule has 1 aliphatic rings. The van der Waals surface area contributed by atoms with Crippen molar-refractivity contribution < 1.29 is 0 Å². The molecule has 0 N–H and O–H groups in total. The number of rotatable bonds is 1. The molecule has 92 valence electrons. The summed E-state index contributed by atoms with van der Waals surface area (Å²) >= 11 is 0. The maximum atomic E-state index is 3.34. The molecule has 0 fully saturated rings. The number of hydrogen-bond acceptors (Lipinski definition) is 0. The fourth-order valence-electron chi connectivity index (χ4n) is 2.45. The van der Waals surface area contributed by atoms with Crippen LogP contribution in [-0.2, 0) is 0 Å². The van der Waals surface area contributed by atoms with Crippen molar-refractivity contribution in [2.24, 2.45) is 5.41 Å². The first-order valence-electron chi connectivity index (χ1n) is 6.57. The summed E-state index contributed by atoms with van der Waals surface area (Å²) in [6.45, 7) is 4.48. The van der Waals surface area contributed by atoms with Gasteiger partial charge in [-0.25, -0.2) is 0 Å². The molecule has 0 amide bonds. The molecule has 2 aromatic carbocycles. The third kappa shape index (κ3) is 2.20. The average Bonchev–Trinajstić information content (AvgIpc) is 3.00. The Morgan fingerprint density at radius 3 is 1.95 bits per heavy atom. The molecule has 0 nitrogen and oxygen atoms in total. The van der Waals surface area contributed by atoms with Crippen molar-refractivity contribution in [3.63, 3.8) is 0 Å². The highest BCUT2D eigenvalue weighted by molar-refractivity contribution is 5.93. The summed E-state index contributed by atoms with van der Waals surface area (Å²) in [5, 5.41) is 0. The van der Waals surface area contributed by atoms with E-state index in [1.165, 1.54) is 16.7 Å². The molecule has 1 aliphatic carbocycles. The first kappa shape index (κ1) is 11.8. The van der Waals surface area contributed by atoms with Crippen LogP contribution in [0.1, 0.15) is 25.0 Å². The minimum absolute atomic E-state index is 0.128. The van der Waals surface area contributed by atoms with Crippen LogP contribution in [-0.4, -0.2) is 0 Å². The lowest BCUT2D eigenvalue weighted by molar-refractivity contribution is 0.728. The Hall–Kier alpha value is -2.26. The molecule has 0 heterocycles. The highest BCUT2D eigenvalue weighted by Gasteiger charge is 2.44. The fourth-order valence-corrected chi connectivity index (χ4v) is 2.45. The standard InChI is InChI=1S/C19H16/c1-19(2)17(14-13-15-9-5-3-6-10-15)18(19)16-11-7-4-8-12-16/h3-12H,1-2H3. The normalized spacial score (nSPS) is 15.7. The van der Waals surface area contributed by atoms with E-state index in [4.69, 9.17) is 0 Å². The highest BCUT2D eigenvalue weighted by Crippen LogP contribution is 2.57. The zero-order valence-corrected chi connectivity index (χ0v) is 11.3. The lowest BCUT2D eigenvalue weighted by Gasteiger charge is -2.03. The third-order valence-corrected chi connectivity index (χ3v) is 3.61. The molecule has 0 bridgehead atoms. The van der Waals surface area contributed by atoms with Crippen LogP contribution in [0.15, 0.2) is 66.2 Å². The lowest BCUT2D eigenvalue weighted by Crippen LogP contribution is -1.92. The molecular weight excluding hydrogens is 228 g/mol. The van der Waals surface area contributed by atoms with Gasteiger partial charge in [0.2, 0.25) is 0 Å². The lowest BCUT2D eigenvalue weighted by atomic mass is 10.00. The van der Waals surface area contributed by atoms with Gasteiger partial charge in [-0.1, -0.05) is 74.2 Å². The second-order valence-corrected chi connectivity index (χ2v) is 5.36. The molecule has 0 unspecified atom stereocenters. The molecule has 0 spiro atoms. The van der Waals surface area contributed by atoms with E-state index in [-0.39, 0.29) is 5.41 Å². The SMILES string of the molecule is CC1(C)C(C#Cc2ccccc2)=C1c1ccccc1. The Morgan fingerprint density at radius 1 is 0.737 bits per heavy atom. The van der Waals surface area contributed by atoms with E-state index in [9.17, 15) is 0 Å². The fraction of sp³-hybridized carbons (Fsp3) is 0.158. The molecule has 0 atom stereocenters. The van der Waals surface area contributed by atoms with Gasteiger partial charge in [-0.3, -0.25) is 0 Å². The van der Waals surface area contributed by atoms with Crippen molar-refractivity contribution in [3.8, 4) is 11.8 Å². The Labute approximate surface area is 114 Å². The van der Waals surface area contributed by atoms with Gasteiger partial charge in [0.05, 0.1) is 0 Å². The van der Waals surface area contributed by atoms with Crippen LogP contribution in [0.2, 0.25) is 0 Å². The molecule has 2 aromatic rings. The molecule has 3 rings (SSSR count). The van der Waals surface area contributed by atoms with Crippen molar-refractivity contribution in [2.45, 2.75) is 13.8 Å². The van der Waals surface area contributed by atoms with Crippen molar-refractivity contribution >= 4 is 5.57 Å². The van der Waals surface area contributed by atoms with E-state index in [1.807, 2.05) is 30.3 Å². The van der Waals surface area contributed by atoms with Gasteiger partial charge >= 0.3 is 0 Å². The molecule has 0 heteroatoms. The third-order valence-electron chi connectivity index (χ3n) is 3.61. The topological polar surface area (TPSA) is 0 Å². The van der Waals surface area contributed by atoms with Crippen LogP contribution < -0.4 is 0 Å². The molecule has 0 aromatic heterocycles. The predicted octanol–water partition coefficient (Wildman–Crippen LogP) is 4.53. The van der Waals surface area contributed by atoms with Crippen molar-refractivity contribution in [3.05, 3.63) is 77.4 Å². The van der Waals surface area contributed by atoms with Crippen LogP contribution in [0.3, 0.4) is 0 Å². The van der Waals surface area contributed by atoms with E-state index in [1.54, 1.807) is 0 Å². The van der Waals surface area contributed by atoms with Crippen LogP contribution in [0, 0.1) is 17.3 Å². The summed E-state index contributed by atoms with van der Waals surface area (Å²) in [6, 6.07) is 20.7. The van der Waals surface area contributed by atoms with E-state index in [0.29, 0.717) is 0 Å². The second-order valence-electron chi connectivity index (χ2n) is 5.36. The summed E-state index contributed by atoms with van der Waals surface area (Å²) in [5.41, 5.74) is 5.15. The summed E-state index contributed by atoms with van der Waals surface area (Å²) < 4.78 is 0. The van der Waals surface area contributed by atoms with Gasteiger partial charge in [0, 0.05) is 16.6 Å². The number of allylic oxidation sites excluding steroid dienone is 2. The van der Waals surface area contributed by atoms with Crippen LogP contribution in [0.5, 0.6) is 0 Å². The van der Waals surface area contributed by atoms with Crippen LogP contribution in [0.25, 0.3) is 5.57 Å². The average molecular weight is 244 g/mol. The maximum Gasteiger partial charge on any atom is 0.0248 e. The van der Waals surface area contributed by atoms with E-state index in [2.05, 4.69) is 56.0 Å². The summed E-state index contributed by atoms with van der Waals surface area (Å²) in [7, 11) is 0. The quantitative estimate of drug-likeness (QED) is 0.646. The molecular formula is C19H16. The Balaban J connectivity index is 1.94. The Kier molecular flexibility index (Phi) is 2.76. The van der Waals surface area contributed by atoms with Gasteiger partial charge in [-0.2, -0.15) is 0 Å². The predicted molar refractivity (Wildman–Crippen MR) is 80.5 cm³/mol. The largest absolute Gasteiger partial charge is 0.0648 e. The van der Waals surface area contributed by atoms with Crippen LogP contribution >= 0.6 is 0 Å². The molecule has 0 saturated heterocycles.